The molecule has 0 radical (unpaired) electrons. The number of rotatable bonds is 4. The zero-order chi connectivity index (χ0) is 18.8. The highest BCUT2D eigenvalue weighted by Crippen LogP contribution is 2.19. The molecule has 0 amide bonds. The Balaban J connectivity index is 1.45. The summed E-state index contributed by atoms with van der Waals surface area (Å²) in [5.41, 5.74) is 3.14. The third-order valence-corrected chi connectivity index (χ3v) is 5.61. The third kappa shape index (κ3) is 3.80. The van der Waals surface area contributed by atoms with Gasteiger partial charge in [-0.05, 0) is 54.8 Å². The van der Waals surface area contributed by atoms with Crippen molar-refractivity contribution in [2.24, 2.45) is 0 Å². The molecule has 27 heavy (non-hydrogen) atoms. The Morgan fingerprint density at radius 3 is 2.33 bits per heavy atom. The molecule has 0 spiro atoms. The Labute approximate surface area is 164 Å². The summed E-state index contributed by atoms with van der Waals surface area (Å²) in [5, 5.41) is 1.22. The predicted molar refractivity (Wildman–Crippen MR) is 113 cm³/mol. The van der Waals surface area contributed by atoms with Gasteiger partial charge in [0.2, 0.25) is 0 Å². The van der Waals surface area contributed by atoms with Gasteiger partial charge in [-0.2, -0.15) is 0 Å². The number of Topliss-reactive ketones (excluding diaryl/α,β-unsaturated/α-hetero) is 1. The van der Waals surface area contributed by atoms with Crippen molar-refractivity contribution in [2.75, 3.05) is 31.1 Å². The van der Waals surface area contributed by atoms with Crippen LogP contribution in [0.3, 0.4) is 0 Å². The molecule has 2 aromatic carbocycles. The van der Waals surface area contributed by atoms with E-state index in [9.17, 15) is 4.79 Å². The van der Waals surface area contributed by atoms with Crippen LogP contribution in [0.15, 0.2) is 60.7 Å². The second kappa shape index (κ2) is 7.62. The number of carbonyl (C=O) groups excluding carboxylic acids is 1. The van der Waals surface area contributed by atoms with Crippen molar-refractivity contribution < 1.29 is 4.79 Å². The zero-order valence-electron chi connectivity index (χ0n) is 15.5. The summed E-state index contributed by atoms with van der Waals surface area (Å²) >= 11 is 5.58. The van der Waals surface area contributed by atoms with Gasteiger partial charge >= 0.3 is 0 Å². The Kier molecular flexibility index (Phi) is 5.05. The number of pyridine rings is 1. The maximum atomic E-state index is 11.4. The molecule has 1 aromatic heterocycles. The lowest BCUT2D eigenvalue weighted by molar-refractivity contribution is 0.101. The predicted octanol–water partition coefficient (Wildman–Crippen LogP) is 4.35. The molecule has 0 aliphatic carbocycles. The molecule has 0 N–H and O–H groups in total. The summed E-state index contributed by atoms with van der Waals surface area (Å²) < 4.78 is 3.10. The lowest BCUT2D eigenvalue weighted by Crippen LogP contribution is -2.46. The molecule has 1 fully saturated rings. The van der Waals surface area contributed by atoms with Crippen molar-refractivity contribution >= 4 is 34.6 Å². The molecular weight excluding hydrogens is 354 g/mol. The molecule has 3 aromatic rings. The molecule has 4 rings (SSSR count). The first-order valence-corrected chi connectivity index (χ1v) is 9.69. The molecule has 1 saturated heterocycles. The van der Waals surface area contributed by atoms with Crippen LogP contribution in [-0.4, -0.2) is 41.4 Å². The second-order valence-corrected chi connectivity index (χ2v) is 7.43. The SMILES string of the molecule is CC(=O)c1ccc(N2CCN(Cn3c(=S)ccc4ccccc43)CC2)cc1. The lowest BCUT2D eigenvalue weighted by Gasteiger charge is -2.36. The molecular formula is C22H23N3OS. The average molecular weight is 378 g/mol. The van der Waals surface area contributed by atoms with Gasteiger partial charge in [-0.3, -0.25) is 9.69 Å². The van der Waals surface area contributed by atoms with Gasteiger partial charge in [-0.1, -0.05) is 30.4 Å². The maximum absolute atomic E-state index is 11.4. The number of piperazine rings is 1. The first-order valence-electron chi connectivity index (χ1n) is 9.29. The highest BCUT2D eigenvalue weighted by atomic mass is 32.1. The van der Waals surface area contributed by atoms with Crippen LogP contribution in [-0.2, 0) is 6.67 Å². The van der Waals surface area contributed by atoms with E-state index < -0.39 is 0 Å². The number of aromatic nitrogens is 1. The zero-order valence-corrected chi connectivity index (χ0v) is 16.3. The molecule has 0 bridgehead atoms. The van der Waals surface area contributed by atoms with E-state index in [-0.39, 0.29) is 5.78 Å². The largest absolute Gasteiger partial charge is 0.369 e. The average Bonchev–Trinajstić information content (AvgIpc) is 2.71. The quantitative estimate of drug-likeness (QED) is 0.499. The smallest absolute Gasteiger partial charge is 0.159 e. The summed E-state index contributed by atoms with van der Waals surface area (Å²) in [5.74, 6) is 0.109. The van der Waals surface area contributed by atoms with Gasteiger partial charge in [-0.15, -0.1) is 0 Å². The number of hydrogen-bond acceptors (Lipinski definition) is 4. The third-order valence-electron chi connectivity index (χ3n) is 5.25. The van der Waals surface area contributed by atoms with Gasteiger partial charge in [0.1, 0.15) is 4.64 Å². The highest BCUT2D eigenvalue weighted by molar-refractivity contribution is 7.71. The van der Waals surface area contributed by atoms with Crippen molar-refractivity contribution in [2.45, 2.75) is 13.6 Å². The van der Waals surface area contributed by atoms with Crippen molar-refractivity contribution in [1.29, 1.82) is 0 Å². The number of benzene rings is 2. The summed E-state index contributed by atoms with van der Waals surface area (Å²) in [6, 6.07) is 20.4. The number of nitrogens with zero attached hydrogens (tertiary/aromatic N) is 3. The summed E-state index contributed by atoms with van der Waals surface area (Å²) in [6.45, 7) is 6.33. The number of para-hydroxylation sites is 1. The second-order valence-electron chi connectivity index (χ2n) is 7.01. The van der Waals surface area contributed by atoms with Gasteiger partial charge < -0.3 is 9.47 Å². The molecule has 1 aliphatic heterocycles. The van der Waals surface area contributed by atoms with Gasteiger partial charge in [0.25, 0.3) is 0 Å². The van der Waals surface area contributed by atoms with Crippen LogP contribution in [0.1, 0.15) is 17.3 Å². The van der Waals surface area contributed by atoms with Gasteiger partial charge in [0.05, 0.1) is 12.2 Å². The van der Waals surface area contributed by atoms with E-state index in [1.165, 1.54) is 16.6 Å². The number of hydrogen-bond donors (Lipinski definition) is 0. The van der Waals surface area contributed by atoms with Crippen molar-refractivity contribution in [3.8, 4) is 0 Å². The topological polar surface area (TPSA) is 28.5 Å². The minimum Gasteiger partial charge on any atom is -0.369 e. The fraction of sp³-hybridized carbons (Fsp3) is 0.273. The first-order chi connectivity index (χ1) is 13.1. The fourth-order valence-electron chi connectivity index (χ4n) is 3.64. The molecule has 0 saturated carbocycles. The Morgan fingerprint density at radius 1 is 0.926 bits per heavy atom. The van der Waals surface area contributed by atoms with Crippen LogP contribution in [0.2, 0.25) is 0 Å². The minimum atomic E-state index is 0.109. The van der Waals surface area contributed by atoms with E-state index in [0.29, 0.717) is 0 Å². The van der Waals surface area contributed by atoms with Crippen LogP contribution in [0, 0.1) is 4.64 Å². The summed E-state index contributed by atoms with van der Waals surface area (Å²) in [4.78, 5) is 16.3. The van der Waals surface area contributed by atoms with Gasteiger partial charge in [-0.25, -0.2) is 0 Å². The first kappa shape index (κ1) is 17.9. The summed E-state index contributed by atoms with van der Waals surface area (Å²) in [7, 11) is 0. The monoisotopic (exact) mass is 377 g/mol. The van der Waals surface area contributed by atoms with Gasteiger partial charge in [0, 0.05) is 37.4 Å². The van der Waals surface area contributed by atoms with E-state index in [1.54, 1.807) is 6.92 Å². The normalized spacial score (nSPS) is 15.2. The number of carbonyl (C=O) groups is 1. The van der Waals surface area contributed by atoms with Crippen molar-refractivity contribution in [1.82, 2.24) is 9.47 Å². The van der Waals surface area contributed by atoms with Crippen molar-refractivity contribution in [3.63, 3.8) is 0 Å². The van der Waals surface area contributed by atoms with Crippen LogP contribution in [0.4, 0.5) is 5.69 Å². The number of ketones is 1. The summed E-state index contributed by atoms with van der Waals surface area (Å²) in [6.07, 6.45) is 0. The van der Waals surface area contributed by atoms with Crippen LogP contribution in [0.25, 0.3) is 10.9 Å². The number of anilines is 1. The fourth-order valence-corrected chi connectivity index (χ4v) is 3.87. The standard InChI is InChI=1S/C22H23N3OS/c1-17(26)18-6-9-20(10-7-18)24-14-12-23(13-15-24)16-25-21-5-3-2-4-19(21)8-11-22(25)27/h2-11H,12-16H2,1H3. The van der Waals surface area contributed by atoms with E-state index in [4.69, 9.17) is 12.2 Å². The van der Waals surface area contributed by atoms with Crippen LogP contribution in [0.5, 0.6) is 0 Å². The van der Waals surface area contributed by atoms with E-state index in [1.807, 2.05) is 30.3 Å². The Bertz CT molecular complexity index is 1020. The Hall–Kier alpha value is -2.50. The lowest BCUT2D eigenvalue weighted by atomic mass is 10.1. The van der Waals surface area contributed by atoms with E-state index in [0.717, 1.165) is 43.1 Å². The molecule has 4 nitrogen and oxygen atoms in total. The van der Waals surface area contributed by atoms with E-state index in [2.05, 4.69) is 44.7 Å². The number of fused-ring (bicyclic) bond motifs is 1. The molecule has 0 unspecified atom stereocenters. The van der Waals surface area contributed by atoms with Crippen LogP contribution < -0.4 is 4.90 Å². The van der Waals surface area contributed by atoms with Crippen molar-refractivity contribution in [3.05, 3.63) is 70.9 Å². The molecule has 138 valence electrons. The molecule has 1 aliphatic rings. The van der Waals surface area contributed by atoms with Gasteiger partial charge in [0.15, 0.2) is 5.78 Å². The maximum Gasteiger partial charge on any atom is 0.159 e. The Morgan fingerprint density at radius 2 is 1.63 bits per heavy atom. The molecule has 2 heterocycles. The molecule has 5 heteroatoms. The molecule has 0 atom stereocenters. The van der Waals surface area contributed by atoms with E-state index >= 15 is 0 Å². The highest BCUT2D eigenvalue weighted by Gasteiger charge is 2.18. The minimum absolute atomic E-state index is 0.109. The van der Waals surface area contributed by atoms with Crippen LogP contribution >= 0.6 is 12.2 Å².